The van der Waals surface area contributed by atoms with Gasteiger partial charge in [0.1, 0.15) is 23.1 Å². The fourth-order valence-electron chi connectivity index (χ4n) is 3.31. The Hall–Kier alpha value is -3.54. The highest BCUT2D eigenvalue weighted by atomic mass is 16.3. The van der Waals surface area contributed by atoms with Crippen LogP contribution >= 0.6 is 0 Å². The van der Waals surface area contributed by atoms with Crippen LogP contribution in [0.3, 0.4) is 0 Å². The number of aryl methyl sites for hydroxylation is 2. The number of benzene rings is 2. The van der Waals surface area contributed by atoms with Crippen molar-refractivity contribution in [1.29, 1.82) is 0 Å². The van der Waals surface area contributed by atoms with Gasteiger partial charge in [-0.1, -0.05) is 24.3 Å². The second-order valence-corrected chi connectivity index (χ2v) is 6.86. The molecule has 0 unspecified atom stereocenters. The molecule has 0 aliphatic carbocycles. The summed E-state index contributed by atoms with van der Waals surface area (Å²) in [6, 6.07) is 16.1. The number of carbonyl (C=O) groups excluding carboxylic acids is 1. The first-order valence-electron chi connectivity index (χ1n) is 9.10. The van der Waals surface area contributed by atoms with Crippen molar-refractivity contribution in [2.24, 2.45) is 0 Å². The summed E-state index contributed by atoms with van der Waals surface area (Å²) in [5, 5.41) is 12.6. The van der Waals surface area contributed by atoms with Gasteiger partial charge in [-0.2, -0.15) is 0 Å². The monoisotopic (exact) mass is 375 g/mol. The van der Waals surface area contributed by atoms with Gasteiger partial charge in [0.05, 0.1) is 22.6 Å². The number of phenolic OH excluding ortho intramolecular Hbond substituents is 1. The number of aromatic hydroxyl groups is 1. The van der Waals surface area contributed by atoms with Crippen LogP contribution in [0.5, 0.6) is 5.75 Å². The van der Waals surface area contributed by atoms with Crippen LogP contribution in [0.2, 0.25) is 0 Å². The molecule has 1 amide bonds. The minimum atomic E-state index is -0.362. The van der Waals surface area contributed by atoms with Gasteiger partial charge in [0, 0.05) is 0 Å². The first-order valence-corrected chi connectivity index (χ1v) is 9.10. The Bertz CT molecular complexity index is 1090. The number of H-pyrrole nitrogens is 1. The number of hydrogen-bond donors (Lipinski definition) is 3. The number of imidazole rings is 1. The van der Waals surface area contributed by atoms with Crippen LogP contribution in [0.25, 0.3) is 11.0 Å². The fraction of sp³-hybridized carbons (Fsp3) is 0.182. The Morgan fingerprint density at radius 2 is 1.93 bits per heavy atom. The number of amides is 1. The molecule has 0 fully saturated rings. The van der Waals surface area contributed by atoms with Gasteiger partial charge in [-0.05, 0) is 56.2 Å². The maximum atomic E-state index is 12.9. The number of aromatic amines is 1. The van der Waals surface area contributed by atoms with Crippen molar-refractivity contribution in [1.82, 2.24) is 15.3 Å². The summed E-state index contributed by atoms with van der Waals surface area (Å²) in [5.41, 5.74) is 3.25. The molecule has 0 radical (unpaired) electrons. The summed E-state index contributed by atoms with van der Waals surface area (Å²) in [4.78, 5) is 20.8. The van der Waals surface area contributed by atoms with Crippen LogP contribution in [0.1, 0.15) is 39.3 Å². The third kappa shape index (κ3) is 3.62. The maximum absolute atomic E-state index is 12.9. The highest BCUT2D eigenvalue weighted by Crippen LogP contribution is 2.22. The summed E-state index contributed by atoms with van der Waals surface area (Å²) in [6.07, 6.45) is 0.529. The Morgan fingerprint density at radius 3 is 2.61 bits per heavy atom. The molecular weight excluding hydrogens is 354 g/mol. The highest BCUT2D eigenvalue weighted by Gasteiger charge is 2.22. The minimum absolute atomic E-state index is 0.206. The number of phenols is 1. The van der Waals surface area contributed by atoms with Gasteiger partial charge in [-0.3, -0.25) is 4.79 Å². The Kier molecular flexibility index (Phi) is 4.61. The molecule has 0 saturated carbocycles. The van der Waals surface area contributed by atoms with Crippen molar-refractivity contribution < 1.29 is 14.3 Å². The zero-order chi connectivity index (χ0) is 19.7. The predicted octanol–water partition coefficient (Wildman–Crippen LogP) is 4.19. The summed E-state index contributed by atoms with van der Waals surface area (Å²) < 4.78 is 5.49. The van der Waals surface area contributed by atoms with Crippen LogP contribution in [0.15, 0.2) is 59.0 Å². The number of nitrogens with one attached hydrogen (secondary N) is 2. The average Bonchev–Trinajstić information content (AvgIpc) is 3.25. The zero-order valence-corrected chi connectivity index (χ0v) is 15.7. The van der Waals surface area contributed by atoms with Crippen molar-refractivity contribution in [3.05, 3.63) is 83.1 Å². The lowest BCUT2D eigenvalue weighted by Gasteiger charge is -2.17. The molecule has 2 aromatic carbocycles. The van der Waals surface area contributed by atoms with E-state index in [2.05, 4.69) is 15.3 Å². The maximum Gasteiger partial charge on any atom is 0.255 e. The number of aromatic nitrogens is 2. The average molecular weight is 375 g/mol. The van der Waals surface area contributed by atoms with Crippen molar-refractivity contribution in [2.75, 3.05) is 0 Å². The first-order chi connectivity index (χ1) is 13.5. The summed E-state index contributed by atoms with van der Waals surface area (Å²) in [6.45, 7) is 3.59. The number of rotatable bonds is 5. The van der Waals surface area contributed by atoms with E-state index >= 15 is 0 Å². The lowest BCUT2D eigenvalue weighted by molar-refractivity contribution is 0.0933. The smallest absolute Gasteiger partial charge is 0.255 e. The lowest BCUT2D eigenvalue weighted by atomic mass is 10.0. The first kappa shape index (κ1) is 17.9. The number of nitrogens with zero attached hydrogens (tertiary/aromatic N) is 1. The van der Waals surface area contributed by atoms with Crippen LogP contribution in [0, 0.1) is 13.8 Å². The summed E-state index contributed by atoms with van der Waals surface area (Å²) >= 11 is 0. The fourth-order valence-corrected chi connectivity index (χ4v) is 3.31. The Labute approximate surface area is 162 Å². The molecule has 0 saturated heterocycles. The normalized spacial score (nSPS) is 12.2. The number of carbonyl (C=O) groups is 1. The van der Waals surface area contributed by atoms with E-state index in [0.29, 0.717) is 29.3 Å². The second-order valence-electron chi connectivity index (χ2n) is 6.86. The van der Waals surface area contributed by atoms with Gasteiger partial charge in [-0.25, -0.2) is 4.98 Å². The van der Waals surface area contributed by atoms with Gasteiger partial charge < -0.3 is 19.8 Å². The second kappa shape index (κ2) is 7.23. The van der Waals surface area contributed by atoms with E-state index in [1.54, 1.807) is 25.1 Å². The van der Waals surface area contributed by atoms with E-state index in [-0.39, 0.29) is 17.7 Å². The van der Waals surface area contributed by atoms with Gasteiger partial charge in [0.25, 0.3) is 5.91 Å². The standard InChI is InChI=1S/C22H21N3O3/c1-13-11-17(14(2)28-13)22(27)25-20(12-15-7-9-16(26)10-8-15)21-23-18-5-3-4-6-19(18)24-21/h3-11,20,26H,12H2,1-2H3,(H,23,24)(H,25,27)/t20-/m1/s1. The molecule has 3 N–H and O–H groups in total. The highest BCUT2D eigenvalue weighted by molar-refractivity contribution is 5.95. The largest absolute Gasteiger partial charge is 0.508 e. The molecule has 1 atom stereocenters. The molecule has 6 nitrogen and oxygen atoms in total. The Balaban J connectivity index is 1.66. The molecule has 0 aliphatic rings. The summed E-state index contributed by atoms with van der Waals surface area (Å²) in [5.74, 6) is 1.96. The minimum Gasteiger partial charge on any atom is -0.508 e. The molecule has 2 heterocycles. The van der Waals surface area contributed by atoms with Crippen molar-refractivity contribution >= 4 is 16.9 Å². The van der Waals surface area contributed by atoms with Gasteiger partial charge in [0.15, 0.2) is 0 Å². The molecule has 0 aliphatic heterocycles. The number of para-hydroxylation sites is 2. The van der Waals surface area contributed by atoms with Crippen LogP contribution < -0.4 is 5.32 Å². The van der Waals surface area contributed by atoms with Crippen LogP contribution in [-0.2, 0) is 6.42 Å². The molecule has 0 spiro atoms. The molecule has 0 bridgehead atoms. The topological polar surface area (TPSA) is 91.1 Å². The number of hydrogen-bond acceptors (Lipinski definition) is 4. The third-order valence-corrected chi connectivity index (χ3v) is 4.70. The SMILES string of the molecule is Cc1cc(C(=O)N[C@H](Cc2ccc(O)cc2)c2nc3ccccc3[nH]2)c(C)o1. The van der Waals surface area contributed by atoms with E-state index in [1.165, 1.54) is 0 Å². The van der Waals surface area contributed by atoms with Gasteiger partial charge >= 0.3 is 0 Å². The van der Waals surface area contributed by atoms with E-state index in [4.69, 9.17) is 4.42 Å². The van der Waals surface area contributed by atoms with E-state index in [1.807, 2.05) is 43.3 Å². The van der Waals surface area contributed by atoms with E-state index in [0.717, 1.165) is 16.6 Å². The molecule has 6 heteroatoms. The quantitative estimate of drug-likeness (QED) is 0.488. The van der Waals surface area contributed by atoms with Gasteiger partial charge in [-0.15, -0.1) is 0 Å². The van der Waals surface area contributed by atoms with Crippen molar-refractivity contribution in [3.8, 4) is 5.75 Å². The number of furan rings is 1. The van der Waals surface area contributed by atoms with E-state index in [9.17, 15) is 9.90 Å². The lowest BCUT2D eigenvalue weighted by Crippen LogP contribution is -2.31. The van der Waals surface area contributed by atoms with Crippen LogP contribution in [0.4, 0.5) is 0 Å². The van der Waals surface area contributed by atoms with Gasteiger partial charge in [0.2, 0.25) is 0 Å². The molecule has 4 rings (SSSR count). The zero-order valence-electron chi connectivity index (χ0n) is 15.7. The Morgan fingerprint density at radius 1 is 1.18 bits per heavy atom. The molecule has 28 heavy (non-hydrogen) atoms. The van der Waals surface area contributed by atoms with Crippen LogP contribution in [-0.4, -0.2) is 21.0 Å². The predicted molar refractivity (Wildman–Crippen MR) is 106 cm³/mol. The molecule has 2 aromatic heterocycles. The summed E-state index contributed by atoms with van der Waals surface area (Å²) in [7, 11) is 0. The molecular formula is C22H21N3O3. The van der Waals surface area contributed by atoms with E-state index < -0.39 is 0 Å². The van der Waals surface area contributed by atoms with Crippen molar-refractivity contribution in [2.45, 2.75) is 26.3 Å². The van der Waals surface area contributed by atoms with Crippen molar-refractivity contribution in [3.63, 3.8) is 0 Å². The molecule has 4 aromatic rings. The third-order valence-electron chi connectivity index (χ3n) is 4.70. The number of fused-ring (bicyclic) bond motifs is 1. The molecule has 142 valence electrons.